The Bertz CT molecular complexity index is 732. The predicted octanol–water partition coefficient (Wildman–Crippen LogP) is 1.56. The van der Waals surface area contributed by atoms with E-state index in [-0.39, 0.29) is 36.0 Å². The molecule has 0 atom stereocenters. The zero-order valence-electron chi connectivity index (χ0n) is 16.9. The SMILES string of the molecule is CC(=O)N1CCC(C(=O)N2CCCN(CC(=O)Nc3ccc(F)cc3)CC2)CC1. The minimum absolute atomic E-state index is 0.0149. The molecule has 3 amide bonds. The lowest BCUT2D eigenvalue weighted by molar-refractivity contribution is -0.140. The molecule has 7 nitrogen and oxygen atoms in total. The van der Waals surface area contributed by atoms with E-state index >= 15 is 0 Å². The molecule has 158 valence electrons. The first-order chi connectivity index (χ1) is 13.9. The third-order valence-electron chi connectivity index (χ3n) is 5.68. The Balaban J connectivity index is 1.45. The molecule has 2 aliphatic rings. The molecule has 1 N–H and O–H groups in total. The number of carbonyl (C=O) groups excluding carboxylic acids is 3. The summed E-state index contributed by atoms with van der Waals surface area (Å²) < 4.78 is 13.0. The number of likely N-dealkylation sites (tertiary alicyclic amines) is 1. The van der Waals surface area contributed by atoms with E-state index in [2.05, 4.69) is 5.32 Å². The van der Waals surface area contributed by atoms with E-state index in [0.29, 0.717) is 38.4 Å². The maximum absolute atomic E-state index is 13.0. The van der Waals surface area contributed by atoms with E-state index in [1.165, 1.54) is 24.3 Å². The zero-order chi connectivity index (χ0) is 20.8. The van der Waals surface area contributed by atoms with Crippen LogP contribution >= 0.6 is 0 Å². The van der Waals surface area contributed by atoms with Crippen LogP contribution in [-0.4, -0.2) is 78.2 Å². The maximum Gasteiger partial charge on any atom is 0.238 e. The summed E-state index contributed by atoms with van der Waals surface area (Å²) in [6.45, 7) is 5.81. The molecule has 29 heavy (non-hydrogen) atoms. The summed E-state index contributed by atoms with van der Waals surface area (Å²) in [5.41, 5.74) is 0.569. The minimum Gasteiger partial charge on any atom is -0.343 e. The number of hydrogen-bond donors (Lipinski definition) is 1. The smallest absolute Gasteiger partial charge is 0.238 e. The highest BCUT2D eigenvalue weighted by atomic mass is 19.1. The Morgan fingerprint density at radius 1 is 0.966 bits per heavy atom. The van der Waals surface area contributed by atoms with E-state index in [4.69, 9.17) is 0 Å². The van der Waals surface area contributed by atoms with Gasteiger partial charge in [-0.3, -0.25) is 19.3 Å². The van der Waals surface area contributed by atoms with Gasteiger partial charge >= 0.3 is 0 Å². The summed E-state index contributed by atoms with van der Waals surface area (Å²) in [7, 11) is 0. The fourth-order valence-corrected chi connectivity index (χ4v) is 3.99. The van der Waals surface area contributed by atoms with Gasteiger partial charge in [0, 0.05) is 57.8 Å². The molecule has 0 spiro atoms. The fourth-order valence-electron chi connectivity index (χ4n) is 3.99. The number of piperidine rings is 1. The van der Waals surface area contributed by atoms with Gasteiger partial charge in [-0.15, -0.1) is 0 Å². The summed E-state index contributed by atoms with van der Waals surface area (Å²) in [6.07, 6.45) is 2.26. The third kappa shape index (κ3) is 6.00. The molecule has 0 aromatic heterocycles. The Morgan fingerprint density at radius 2 is 1.66 bits per heavy atom. The van der Waals surface area contributed by atoms with Crippen LogP contribution in [0.2, 0.25) is 0 Å². The first-order valence-corrected chi connectivity index (χ1v) is 10.2. The third-order valence-corrected chi connectivity index (χ3v) is 5.68. The van der Waals surface area contributed by atoms with Gasteiger partial charge in [-0.05, 0) is 43.5 Å². The molecular weight excluding hydrogens is 375 g/mol. The number of halogens is 1. The molecule has 2 fully saturated rings. The average Bonchev–Trinajstić information content (AvgIpc) is 2.95. The van der Waals surface area contributed by atoms with Crippen molar-refractivity contribution in [1.29, 1.82) is 0 Å². The number of amides is 3. The number of benzene rings is 1. The van der Waals surface area contributed by atoms with Gasteiger partial charge in [-0.2, -0.15) is 0 Å². The number of rotatable bonds is 4. The first kappa shape index (κ1) is 21.2. The van der Waals surface area contributed by atoms with Gasteiger partial charge in [-0.25, -0.2) is 4.39 Å². The largest absolute Gasteiger partial charge is 0.343 e. The number of carbonyl (C=O) groups is 3. The summed E-state index contributed by atoms with van der Waals surface area (Å²) in [5.74, 6) is -0.259. The summed E-state index contributed by atoms with van der Waals surface area (Å²) >= 11 is 0. The standard InChI is InChI=1S/C21H29FN4O3/c1-16(27)25-11-7-17(8-12-25)21(29)26-10-2-9-24(13-14-26)15-20(28)23-19-5-3-18(22)4-6-19/h3-6,17H,2,7-15H2,1H3,(H,23,28). The van der Waals surface area contributed by atoms with Crippen molar-refractivity contribution in [3.05, 3.63) is 30.1 Å². The van der Waals surface area contributed by atoms with E-state index < -0.39 is 0 Å². The Labute approximate surface area is 170 Å². The molecule has 0 radical (unpaired) electrons. The van der Waals surface area contributed by atoms with E-state index in [1.54, 1.807) is 11.8 Å². The van der Waals surface area contributed by atoms with Crippen LogP contribution in [0.5, 0.6) is 0 Å². The van der Waals surface area contributed by atoms with Crippen LogP contribution in [0.4, 0.5) is 10.1 Å². The molecule has 2 saturated heterocycles. The Kier molecular flexibility index (Phi) is 7.19. The molecule has 2 aliphatic heterocycles. The molecule has 3 rings (SSSR count). The van der Waals surface area contributed by atoms with Crippen LogP contribution in [0.15, 0.2) is 24.3 Å². The van der Waals surface area contributed by atoms with Crippen LogP contribution in [-0.2, 0) is 14.4 Å². The molecule has 1 aromatic rings. The van der Waals surface area contributed by atoms with Crippen molar-refractivity contribution in [3.63, 3.8) is 0 Å². The van der Waals surface area contributed by atoms with Crippen molar-refractivity contribution in [2.75, 3.05) is 51.1 Å². The molecule has 0 unspecified atom stereocenters. The van der Waals surface area contributed by atoms with Crippen LogP contribution in [0.3, 0.4) is 0 Å². The minimum atomic E-state index is -0.341. The lowest BCUT2D eigenvalue weighted by Crippen LogP contribution is -2.45. The van der Waals surface area contributed by atoms with E-state index in [0.717, 1.165) is 25.8 Å². The Hall–Kier alpha value is -2.48. The highest BCUT2D eigenvalue weighted by Gasteiger charge is 2.30. The van der Waals surface area contributed by atoms with Gasteiger partial charge in [0.25, 0.3) is 0 Å². The van der Waals surface area contributed by atoms with Crippen molar-refractivity contribution in [2.45, 2.75) is 26.2 Å². The normalized spacial score (nSPS) is 19.0. The van der Waals surface area contributed by atoms with Crippen LogP contribution in [0.25, 0.3) is 0 Å². The molecule has 0 saturated carbocycles. The second-order valence-corrected chi connectivity index (χ2v) is 7.79. The number of nitrogens with one attached hydrogen (secondary N) is 1. The van der Waals surface area contributed by atoms with Gasteiger partial charge in [-0.1, -0.05) is 0 Å². The van der Waals surface area contributed by atoms with Gasteiger partial charge < -0.3 is 15.1 Å². The average molecular weight is 404 g/mol. The van der Waals surface area contributed by atoms with Crippen LogP contribution < -0.4 is 5.32 Å². The monoisotopic (exact) mass is 404 g/mol. The second-order valence-electron chi connectivity index (χ2n) is 7.79. The van der Waals surface area contributed by atoms with Crippen LogP contribution in [0.1, 0.15) is 26.2 Å². The summed E-state index contributed by atoms with van der Waals surface area (Å²) in [4.78, 5) is 42.3. The van der Waals surface area contributed by atoms with Crippen molar-refractivity contribution in [1.82, 2.24) is 14.7 Å². The molecule has 8 heteroatoms. The quantitative estimate of drug-likeness (QED) is 0.827. The molecule has 0 bridgehead atoms. The fraction of sp³-hybridized carbons (Fsp3) is 0.571. The van der Waals surface area contributed by atoms with Crippen molar-refractivity contribution in [2.24, 2.45) is 5.92 Å². The highest BCUT2D eigenvalue weighted by Crippen LogP contribution is 2.20. The zero-order valence-corrected chi connectivity index (χ0v) is 16.9. The van der Waals surface area contributed by atoms with Gasteiger partial charge in [0.15, 0.2) is 0 Å². The van der Waals surface area contributed by atoms with E-state index in [1.807, 2.05) is 9.80 Å². The van der Waals surface area contributed by atoms with Gasteiger partial charge in [0.2, 0.25) is 17.7 Å². The summed E-state index contributed by atoms with van der Waals surface area (Å²) in [5, 5.41) is 2.78. The second kappa shape index (κ2) is 9.82. The van der Waals surface area contributed by atoms with Crippen LogP contribution in [0, 0.1) is 11.7 Å². The lowest BCUT2D eigenvalue weighted by Gasteiger charge is -2.33. The number of hydrogen-bond acceptors (Lipinski definition) is 4. The molecule has 1 aromatic carbocycles. The highest BCUT2D eigenvalue weighted by molar-refractivity contribution is 5.92. The predicted molar refractivity (Wildman–Crippen MR) is 108 cm³/mol. The topological polar surface area (TPSA) is 73.0 Å². The lowest BCUT2D eigenvalue weighted by atomic mass is 9.95. The Morgan fingerprint density at radius 3 is 2.31 bits per heavy atom. The van der Waals surface area contributed by atoms with Gasteiger partial charge in [0.05, 0.1) is 6.54 Å². The van der Waals surface area contributed by atoms with Crippen molar-refractivity contribution in [3.8, 4) is 0 Å². The molecule has 0 aliphatic carbocycles. The maximum atomic E-state index is 13.0. The van der Waals surface area contributed by atoms with Crippen molar-refractivity contribution >= 4 is 23.4 Å². The first-order valence-electron chi connectivity index (χ1n) is 10.2. The number of nitrogens with zero attached hydrogens (tertiary/aromatic N) is 3. The molecular formula is C21H29FN4O3. The number of anilines is 1. The summed E-state index contributed by atoms with van der Waals surface area (Å²) in [6, 6.07) is 5.69. The van der Waals surface area contributed by atoms with E-state index in [9.17, 15) is 18.8 Å². The molecule has 2 heterocycles. The van der Waals surface area contributed by atoms with Crippen molar-refractivity contribution < 1.29 is 18.8 Å². The van der Waals surface area contributed by atoms with Gasteiger partial charge in [0.1, 0.15) is 5.82 Å².